The standard InChI is InChI=1S/C17H15ClFN3O3S/c18-14-5-1-12(2-6-14)11-26(23,24)20-10-9-16-21-22-17(25-16)13-3-7-15(19)8-4-13/h1-8,20H,9-11H2. The summed E-state index contributed by atoms with van der Waals surface area (Å²) in [4.78, 5) is 0. The van der Waals surface area contributed by atoms with Gasteiger partial charge in [-0.3, -0.25) is 0 Å². The second-order valence-corrected chi connectivity index (χ2v) is 7.78. The van der Waals surface area contributed by atoms with Crippen molar-refractivity contribution in [2.45, 2.75) is 12.2 Å². The van der Waals surface area contributed by atoms with Crippen molar-refractivity contribution in [2.24, 2.45) is 0 Å². The molecule has 0 aliphatic heterocycles. The van der Waals surface area contributed by atoms with Crippen LogP contribution in [-0.4, -0.2) is 25.2 Å². The molecule has 1 aromatic heterocycles. The highest BCUT2D eigenvalue weighted by Crippen LogP contribution is 2.18. The predicted octanol–water partition coefficient (Wildman–Crippen LogP) is 3.19. The summed E-state index contributed by atoms with van der Waals surface area (Å²) in [5.41, 5.74) is 1.23. The lowest BCUT2D eigenvalue weighted by Gasteiger charge is -2.05. The molecule has 0 fully saturated rings. The Balaban J connectivity index is 1.54. The lowest BCUT2D eigenvalue weighted by molar-refractivity contribution is 0.501. The van der Waals surface area contributed by atoms with Crippen LogP contribution < -0.4 is 4.72 Å². The number of halogens is 2. The van der Waals surface area contributed by atoms with E-state index in [1.54, 1.807) is 24.3 Å². The van der Waals surface area contributed by atoms with Gasteiger partial charge in [-0.25, -0.2) is 17.5 Å². The van der Waals surface area contributed by atoms with Crippen LogP contribution in [-0.2, 0) is 22.2 Å². The van der Waals surface area contributed by atoms with E-state index in [9.17, 15) is 12.8 Å². The summed E-state index contributed by atoms with van der Waals surface area (Å²) in [6.45, 7) is 0.126. The van der Waals surface area contributed by atoms with Crippen molar-refractivity contribution in [2.75, 3.05) is 6.54 Å². The smallest absolute Gasteiger partial charge is 0.247 e. The van der Waals surface area contributed by atoms with Crippen molar-refractivity contribution in [3.63, 3.8) is 0 Å². The van der Waals surface area contributed by atoms with E-state index in [1.165, 1.54) is 24.3 Å². The van der Waals surface area contributed by atoms with Crippen LogP contribution in [0.5, 0.6) is 0 Å². The second-order valence-electron chi connectivity index (χ2n) is 5.54. The van der Waals surface area contributed by atoms with Crippen molar-refractivity contribution in [1.29, 1.82) is 0 Å². The van der Waals surface area contributed by atoms with Gasteiger partial charge in [0, 0.05) is 23.6 Å². The van der Waals surface area contributed by atoms with E-state index in [0.717, 1.165) is 0 Å². The fourth-order valence-electron chi connectivity index (χ4n) is 2.23. The summed E-state index contributed by atoms with van der Waals surface area (Å²) in [5, 5.41) is 8.30. The number of aromatic nitrogens is 2. The minimum atomic E-state index is -3.49. The summed E-state index contributed by atoms with van der Waals surface area (Å²) in [5.74, 6) is 0.0422. The Kier molecular flexibility index (Phi) is 5.65. The number of sulfonamides is 1. The molecule has 0 aliphatic carbocycles. The minimum absolute atomic E-state index is 0.126. The van der Waals surface area contributed by atoms with Gasteiger partial charge in [-0.1, -0.05) is 23.7 Å². The molecule has 0 atom stereocenters. The van der Waals surface area contributed by atoms with Gasteiger partial charge in [-0.05, 0) is 42.0 Å². The molecule has 136 valence electrons. The molecule has 26 heavy (non-hydrogen) atoms. The van der Waals surface area contributed by atoms with Crippen molar-refractivity contribution in [3.8, 4) is 11.5 Å². The largest absolute Gasteiger partial charge is 0.421 e. The molecular formula is C17H15ClFN3O3S. The zero-order chi connectivity index (χ0) is 18.6. The van der Waals surface area contributed by atoms with Crippen LogP contribution in [0.4, 0.5) is 4.39 Å². The molecular weight excluding hydrogens is 381 g/mol. The highest BCUT2D eigenvalue weighted by atomic mass is 35.5. The molecule has 0 bridgehead atoms. The van der Waals surface area contributed by atoms with E-state index in [-0.39, 0.29) is 30.4 Å². The number of benzene rings is 2. The van der Waals surface area contributed by atoms with Crippen LogP contribution in [0, 0.1) is 5.82 Å². The molecule has 0 unspecified atom stereocenters. The van der Waals surface area contributed by atoms with Crippen LogP contribution in [0.25, 0.3) is 11.5 Å². The maximum Gasteiger partial charge on any atom is 0.247 e. The Labute approximate surface area is 155 Å². The molecule has 3 rings (SSSR count). The highest BCUT2D eigenvalue weighted by Gasteiger charge is 2.13. The van der Waals surface area contributed by atoms with E-state index in [2.05, 4.69) is 14.9 Å². The molecule has 9 heteroatoms. The molecule has 0 saturated carbocycles. The van der Waals surface area contributed by atoms with Gasteiger partial charge < -0.3 is 4.42 Å². The van der Waals surface area contributed by atoms with Gasteiger partial charge in [0.05, 0.1) is 5.75 Å². The molecule has 6 nitrogen and oxygen atoms in total. The van der Waals surface area contributed by atoms with Crippen molar-refractivity contribution >= 4 is 21.6 Å². The van der Waals surface area contributed by atoms with E-state index in [0.29, 0.717) is 22.0 Å². The van der Waals surface area contributed by atoms with Crippen LogP contribution in [0.15, 0.2) is 52.9 Å². The van der Waals surface area contributed by atoms with Gasteiger partial charge in [0.25, 0.3) is 0 Å². The van der Waals surface area contributed by atoms with Crippen LogP contribution in [0.1, 0.15) is 11.5 Å². The number of nitrogens with zero attached hydrogens (tertiary/aromatic N) is 2. The van der Waals surface area contributed by atoms with Gasteiger partial charge in [0.1, 0.15) is 5.82 Å². The fraction of sp³-hybridized carbons (Fsp3) is 0.176. The van der Waals surface area contributed by atoms with Crippen LogP contribution in [0.2, 0.25) is 5.02 Å². The maximum atomic E-state index is 12.9. The lowest BCUT2D eigenvalue weighted by Crippen LogP contribution is -2.27. The third-order valence-corrected chi connectivity index (χ3v) is 5.10. The van der Waals surface area contributed by atoms with Gasteiger partial charge >= 0.3 is 0 Å². The summed E-state index contributed by atoms with van der Waals surface area (Å²) < 4.78 is 45.0. The first kappa shape index (κ1) is 18.5. The monoisotopic (exact) mass is 395 g/mol. The highest BCUT2D eigenvalue weighted by molar-refractivity contribution is 7.88. The SMILES string of the molecule is O=S(=O)(Cc1ccc(Cl)cc1)NCCc1nnc(-c2ccc(F)cc2)o1. The minimum Gasteiger partial charge on any atom is -0.421 e. The molecule has 0 amide bonds. The quantitative estimate of drug-likeness (QED) is 0.664. The van der Waals surface area contributed by atoms with Crippen LogP contribution >= 0.6 is 11.6 Å². The molecule has 1 heterocycles. The average Bonchev–Trinajstić information content (AvgIpc) is 3.06. The predicted molar refractivity (Wildman–Crippen MR) is 95.5 cm³/mol. The summed E-state index contributed by atoms with van der Waals surface area (Å²) >= 11 is 5.78. The van der Waals surface area contributed by atoms with E-state index in [1.807, 2.05) is 0 Å². The topological polar surface area (TPSA) is 85.1 Å². The summed E-state index contributed by atoms with van der Waals surface area (Å²) in [6.07, 6.45) is 0.244. The fourth-order valence-corrected chi connectivity index (χ4v) is 3.50. The van der Waals surface area contributed by atoms with Gasteiger partial charge in [-0.15, -0.1) is 10.2 Å². The Bertz CT molecular complexity index is 973. The van der Waals surface area contributed by atoms with Crippen molar-refractivity contribution in [1.82, 2.24) is 14.9 Å². The summed E-state index contributed by atoms with van der Waals surface area (Å²) in [7, 11) is -3.49. The molecule has 0 saturated heterocycles. The van der Waals surface area contributed by atoms with Gasteiger partial charge in [0.15, 0.2) is 0 Å². The zero-order valence-corrected chi connectivity index (χ0v) is 15.1. The van der Waals surface area contributed by atoms with Crippen molar-refractivity contribution < 1.29 is 17.2 Å². The molecule has 1 N–H and O–H groups in total. The normalized spacial score (nSPS) is 11.6. The Morgan fingerprint density at radius 2 is 1.73 bits per heavy atom. The second kappa shape index (κ2) is 7.94. The molecule has 2 aromatic carbocycles. The van der Waals surface area contributed by atoms with Gasteiger partial charge in [-0.2, -0.15) is 0 Å². The first-order valence-corrected chi connectivity index (χ1v) is 9.74. The Hall–Kier alpha value is -2.29. The molecule has 3 aromatic rings. The first-order valence-electron chi connectivity index (χ1n) is 7.71. The van der Waals surface area contributed by atoms with Crippen molar-refractivity contribution in [3.05, 3.63) is 70.8 Å². The van der Waals surface area contributed by atoms with E-state index in [4.69, 9.17) is 16.0 Å². The Morgan fingerprint density at radius 3 is 2.42 bits per heavy atom. The molecule has 0 aliphatic rings. The van der Waals surface area contributed by atoms with Crippen LogP contribution in [0.3, 0.4) is 0 Å². The summed E-state index contributed by atoms with van der Waals surface area (Å²) in [6, 6.07) is 12.3. The average molecular weight is 396 g/mol. The number of rotatable bonds is 7. The van der Waals surface area contributed by atoms with Gasteiger partial charge in [0.2, 0.25) is 21.8 Å². The number of hydrogen-bond donors (Lipinski definition) is 1. The number of hydrogen-bond acceptors (Lipinski definition) is 5. The van der Waals surface area contributed by atoms with E-state index < -0.39 is 10.0 Å². The number of nitrogens with one attached hydrogen (secondary N) is 1. The molecule has 0 radical (unpaired) electrons. The third-order valence-electron chi connectivity index (χ3n) is 3.49. The molecule has 0 spiro atoms. The Morgan fingerprint density at radius 1 is 1.04 bits per heavy atom. The zero-order valence-electron chi connectivity index (χ0n) is 13.5. The maximum absolute atomic E-state index is 12.9. The first-order chi connectivity index (χ1) is 12.4. The lowest BCUT2D eigenvalue weighted by atomic mass is 10.2. The van der Waals surface area contributed by atoms with E-state index >= 15 is 0 Å². The third kappa shape index (κ3) is 5.10.